The molecule has 3 saturated heterocycles. The summed E-state index contributed by atoms with van der Waals surface area (Å²) in [6.45, 7) is -0.257. The van der Waals surface area contributed by atoms with Gasteiger partial charge in [-0.25, -0.2) is 0 Å². The van der Waals surface area contributed by atoms with Crippen LogP contribution in [-0.4, -0.2) is 155 Å². The van der Waals surface area contributed by atoms with E-state index in [1.807, 2.05) is 0 Å². The fourth-order valence-electron chi connectivity index (χ4n) is 5.77. The van der Waals surface area contributed by atoms with Gasteiger partial charge in [-0.15, -0.1) is 0 Å². The first kappa shape index (κ1) is 32.3. The number of nitrogens with two attached hydrogens (primary N) is 4. The van der Waals surface area contributed by atoms with Crippen LogP contribution in [0.15, 0.2) is 4.99 Å². The van der Waals surface area contributed by atoms with Gasteiger partial charge in [0.05, 0.1) is 37.4 Å². The van der Waals surface area contributed by atoms with Crippen LogP contribution in [0.1, 0.15) is 25.7 Å². The molecule has 0 spiro atoms. The number of hydrogen-bond acceptors (Lipinski definition) is 15. The molecule has 14 atom stereocenters. The Balaban J connectivity index is 1.49. The van der Waals surface area contributed by atoms with Crippen molar-refractivity contribution in [3.63, 3.8) is 0 Å². The predicted octanol–water partition coefficient (Wildman–Crippen LogP) is -6.06. The van der Waals surface area contributed by atoms with Crippen molar-refractivity contribution in [1.29, 1.82) is 0 Å². The number of aliphatic hydroxyl groups is 5. The average molecular weight is 592 g/mol. The summed E-state index contributed by atoms with van der Waals surface area (Å²) in [7, 11) is 1.63. The minimum Gasteiger partial charge on any atom is -0.388 e. The van der Waals surface area contributed by atoms with Crippen molar-refractivity contribution in [2.45, 2.75) is 105 Å². The van der Waals surface area contributed by atoms with Crippen LogP contribution in [-0.2, 0) is 23.7 Å². The number of fused-ring (bicyclic) bond motifs is 1. The lowest BCUT2D eigenvalue weighted by Gasteiger charge is -2.47. The van der Waals surface area contributed by atoms with E-state index >= 15 is 0 Å². The third-order valence-corrected chi connectivity index (χ3v) is 8.33. The van der Waals surface area contributed by atoms with Gasteiger partial charge >= 0.3 is 0 Å². The fraction of sp³-hybridized carbons (Fsp3) is 0.917. The molecule has 4 aliphatic rings. The number of aliphatic imine (C=N–C) groups is 1. The van der Waals surface area contributed by atoms with Crippen molar-refractivity contribution in [2.24, 2.45) is 27.9 Å². The second-order valence-corrected chi connectivity index (χ2v) is 11.3. The van der Waals surface area contributed by atoms with Crippen LogP contribution in [0.4, 0.5) is 0 Å². The predicted molar refractivity (Wildman–Crippen MR) is 142 cm³/mol. The molecule has 41 heavy (non-hydrogen) atoms. The van der Waals surface area contributed by atoms with Gasteiger partial charge in [-0.05, 0) is 39.3 Å². The molecule has 4 fully saturated rings. The SMILES string of the molecule is CN1[C@@H]2C(O)[C@@H](OC3C(O)C(O[C@H]4O[C@H](CN=C(N)CO)CCC4N)[C@@H](N)C[C@H]3NC(=O)[C@@H](O)CCN)OCC21O. The molecule has 0 aromatic rings. The molecule has 236 valence electrons. The Kier molecular flexibility index (Phi) is 10.5. The van der Waals surface area contributed by atoms with Crippen LogP contribution in [0.25, 0.3) is 0 Å². The Bertz CT molecular complexity index is 935. The van der Waals surface area contributed by atoms with Crippen LogP contribution in [0.3, 0.4) is 0 Å². The zero-order chi connectivity index (χ0) is 30.1. The van der Waals surface area contributed by atoms with E-state index in [1.165, 1.54) is 0 Å². The molecule has 17 heteroatoms. The quantitative estimate of drug-likeness (QED) is 0.0608. The van der Waals surface area contributed by atoms with Gasteiger partial charge < -0.3 is 72.7 Å². The number of hydrogen-bond donors (Lipinski definition) is 10. The lowest BCUT2D eigenvalue weighted by atomic mass is 9.83. The molecule has 1 aliphatic carbocycles. The van der Waals surface area contributed by atoms with Gasteiger partial charge in [-0.1, -0.05) is 0 Å². The molecule has 0 bridgehead atoms. The van der Waals surface area contributed by atoms with Gasteiger partial charge in [0.2, 0.25) is 5.91 Å². The van der Waals surface area contributed by atoms with E-state index in [9.17, 15) is 25.2 Å². The van der Waals surface area contributed by atoms with Crippen molar-refractivity contribution in [3.8, 4) is 0 Å². The number of ether oxygens (including phenoxy) is 4. The highest BCUT2D eigenvalue weighted by Crippen LogP contribution is 2.44. The molecule has 7 unspecified atom stereocenters. The molecule has 0 aromatic heterocycles. The Morgan fingerprint density at radius 2 is 1.88 bits per heavy atom. The molecular weight excluding hydrogens is 546 g/mol. The maximum atomic E-state index is 12.7. The van der Waals surface area contributed by atoms with Gasteiger partial charge in [-0.3, -0.25) is 14.7 Å². The summed E-state index contributed by atoms with van der Waals surface area (Å²) < 4.78 is 23.7. The smallest absolute Gasteiger partial charge is 0.249 e. The summed E-state index contributed by atoms with van der Waals surface area (Å²) in [6, 6.07) is -2.90. The van der Waals surface area contributed by atoms with E-state index in [1.54, 1.807) is 11.9 Å². The molecule has 3 heterocycles. The number of carbonyl (C=O) groups is 1. The molecule has 17 nitrogen and oxygen atoms in total. The molecule has 0 aromatic carbocycles. The first-order valence-corrected chi connectivity index (χ1v) is 13.9. The molecule has 0 radical (unpaired) electrons. The number of amidine groups is 1. The maximum Gasteiger partial charge on any atom is 0.249 e. The number of rotatable bonds is 11. The molecule has 14 N–H and O–H groups in total. The third-order valence-electron chi connectivity index (χ3n) is 8.33. The van der Waals surface area contributed by atoms with E-state index < -0.39 is 85.0 Å². The van der Waals surface area contributed by atoms with E-state index in [4.69, 9.17) is 47.0 Å². The van der Waals surface area contributed by atoms with Gasteiger partial charge in [0.25, 0.3) is 0 Å². The summed E-state index contributed by atoms with van der Waals surface area (Å²) in [6.07, 6.45) is -7.79. The van der Waals surface area contributed by atoms with Gasteiger partial charge in [0, 0.05) is 6.04 Å². The minimum atomic E-state index is -1.46. The number of aliphatic hydroxyl groups excluding tert-OH is 4. The second-order valence-electron chi connectivity index (χ2n) is 11.3. The number of likely N-dealkylation sites (N-methyl/N-ethyl adjacent to an activating group) is 1. The summed E-state index contributed by atoms with van der Waals surface area (Å²) in [5.41, 5.74) is 22.4. The van der Waals surface area contributed by atoms with Gasteiger partial charge in [-0.2, -0.15) is 0 Å². The minimum absolute atomic E-state index is 0.0214. The number of amides is 1. The first-order valence-electron chi connectivity index (χ1n) is 13.9. The Morgan fingerprint density at radius 1 is 1.17 bits per heavy atom. The highest BCUT2D eigenvalue weighted by atomic mass is 16.7. The second kappa shape index (κ2) is 13.4. The Morgan fingerprint density at radius 3 is 2.56 bits per heavy atom. The van der Waals surface area contributed by atoms with Crippen molar-refractivity contribution in [1.82, 2.24) is 10.2 Å². The van der Waals surface area contributed by atoms with Crippen molar-refractivity contribution in [3.05, 3.63) is 0 Å². The summed E-state index contributed by atoms with van der Waals surface area (Å²) in [5.74, 6) is -0.657. The molecule has 3 aliphatic heterocycles. The standard InChI is InChI=1S/C24H45N7O10/c1-31-20-17(35)23(38-9-24(20,31)37)41-19-13(30-21(36)14(33)4-5-25)6-12(27)18(16(19)34)40-22-11(26)3-2-10(39-22)7-29-15(28)8-32/h10-14,16-20,22-23,32-35,37H,2-9,25-27H2,1H3,(H2,28,29)(H,30,36)/t10-,11?,12-,13+,14-,16?,17?,18?,19?,20+,22+,23+,24?,31?/m0/s1. The number of carbonyl (C=O) groups excluding carboxylic acids is 1. The zero-order valence-corrected chi connectivity index (χ0v) is 23.1. The van der Waals surface area contributed by atoms with Crippen LogP contribution >= 0.6 is 0 Å². The topological polar surface area (TPSA) is 287 Å². The summed E-state index contributed by atoms with van der Waals surface area (Å²) in [4.78, 5) is 18.3. The molecular formula is C24H45N7O10. The lowest BCUT2D eigenvalue weighted by Crippen LogP contribution is -2.67. The number of nitrogens with one attached hydrogen (secondary N) is 1. The lowest BCUT2D eigenvalue weighted by molar-refractivity contribution is -0.291. The van der Waals surface area contributed by atoms with Gasteiger partial charge in [0.15, 0.2) is 18.3 Å². The average Bonchev–Trinajstić information content (AvgIpc) is 3.50. The van der Waals surface area contributed by atoms with Crippen LogP contribution < -0.4 is 28.3 Å². The highest BCUT2D eigenvalue weighted by Gasteiger charge is 2.68. The normalized spacial score (nSPS) is 45.5. The highest BCUT2D eigenvalue weighted by molar-refractivity contribution is 5.81. The molecule has 1 amide bonds. The fourth-order valence-corrected chi connectivity index (χ4v) is 5.77. The van der Waals surface area contributed by atoms with Crippen molar-refractivity contribution in [2.75, 3.05) is 33.4 Å². The van der Waals surface area contributed by atoms with Crippen molar-refractivity contribution < 1.29 is 49.3 Å². The van der Waals surface area contributed by atoms with Crippen LogP contribution in [0.2, 0.25) is 0 Å². The van der Waals surface area contributed by atoms with Gasteiger partial charge in [0.1, 0.15) is 43.0 Å². The maximum absolute atomic E-state index is 12.7. The van der Waals surface area contributed by atoms with E-state index in [0.29, 0.717) is 12.8 Å². The molecule has 1 saturated carbocycles. The number of nitrogens with zero attached hydrogens (tertiary/aromatic N) is 2. The Hall–Kier alpha value is -1.58. The monoisotopic (exact) mass is 591 g/mol. The van der Waals surface area contributed by atoms with Crippen LogP contribution in [0.5, 0.6) is 0 Å². The summed E-state index contributed by atoms with van der Waals surface area (Å²) >= 11 is 0. The zero-order valence-electron chi connectivity index (χ0n) is 23.1. The van der Waals surface area contributed by atoms with E-state index in [2.05, 4.69) is 10.3 Å². The van der Waals surface area contributed by atoms with Crippen LogP contribution in [0, 0.1) is 0 Å². The third kappa shape index (κ3) is 6.98. The van der Waals surface area contributed by atoms with E-state index in [-0.39, 0.29) is 45.0 Å². The Labute approximate surface area is 237 Å². The first-order chi connectivity index (χ1) is 19.4. The largest absolute Gasteiger partial charge is 0.388 e. The van der Waals surface area contributed by atoms with Crippen molar-refractivity contribution >= 4 is 11.7 Å². The van der Waals surface area contributed by atoms with E-state index in [0.717, 1.165) is 0 Å². The molecule has 4 rings (SSSR count). The summed E-state index contributed by atoms with van der Waals surface area (Å²) in [5, 5.41) is 54.7.